The van der Waals surface area contributed by atoms with E-state index in [1.807, 2.05) is 0 Å². The molecule has 0 aliphatic carbocycles. The molecule has 1 rings (SSSR count). The van der Waals surface area contributed by atoms with Crippen molar-refractivity contribution in [2.45, 2.75) is 37.4 Å². The Morgan fingerprint density at radius 1 is 0.871 bits per heavy atom. The molecule has 0 aromatic heterocycles. The van der Waals surface area contributed by atoms with Gasteiger partial charge in [0.05, 0.1) is 13.2 Å². The molecule has 31 heavy (non-hydrogen) atoms. The number of benzene rings is 1. The van der Waals surface area contributed by atoms with E-state index in [0.717, 1.165) is 0 Å². The van der Waals surface area contributed by atoms with Crippen LogP contribution in [0.2, 0.25) is 0 Å². The average molecular weight is 438 g/mol. The number of carboxylic acids is 2. The van der Waals surface area contributed by atoms with E-state index in [9.17, 15) is 34.2 Å². The highest BCUT2D eigenvalue weighted by atomic mass is 16.4. The Bertz CT molecular complexity index is 786. The number of hydrogen-bond donors (Lipinski definition) is 7. The van der Waals surface area contributed by atoms with Crippen LogP contribution < -0.4 is 21.7 Å². The van der Waals surface area contributed by atoms with Crippen molar-refractivity contribution in [1.29, 1.82) is 0 Å². The minimum Gasteiger partial charge on any atom is -0.481 e. The van der Waals surface area contributed by atoms with Crippen molar-refractivity contribution >= 4 is 29.7 Å². The van der Waals surface area contributed by atoms with Gasteiger partial charge in [-0.3, -0.25) is 19.2 Å². The standard InChI is InChI=1S/C19H26N4O8/c20-9-15(25)21-12(6-7-16(26)27)17(28)23-14(10-24)18(29)22-13(19(30)31)8-11-4-2-1-3-5-11/h1-5,12-14,24H,6-10,20H2,(H,21,25)(H,22,29)(H,23,28)(H,26,27)(H,30,31). The van der Waals surface area contributed by atoms with E-state index in [0.29, 0.717) is 5.56 Å². The molecule has 0 radical (unpaired) electrons. The number of aliphatic hydroxyl groups excluding tert-OH is 1. The SMILES string of the molecule is NCC(=O)NC(CCC(=O)O)C(=O)NC(CO)C(=O)NC(Cc1ccccc1)C(=O)O. The van der Waals surface area contributed by atoms with Crippen LogP contribution in [0, 0.1) is 0 Å². The van der Waals surface area contributed by atoms with E-state index in [2.05, 4.69) is 16.0 Å². The summed E-state index contributed by atoms with van der Waals surface area (Å²) in [4.78, 5) is 58.6. The predicted octanol–water partition coefficient (Wildman–Crippen LogP) is -2.42. The highest BCUT2D eigenvalue weighted by Crippen LogP contribution is 2.04. The first-order chi connectivity index (χ1) is 14.7. The fraction of sp³-hybridized carbons (Fsp3) is 0.421. The van der Waals surface area contributed by atoms with Gasteiger partial charge in [-0.1, -0.05) is 30.3 Å². The van der Waals surface area contributed by atoms with Gasteiger partial charge in [-0.05, 0) is 12.0 Å². The van der Waals surface area contributed by atoms with Crippen LogP contribution in [0.4, 0.5) is 0 Å². The number of amides is 3. The van der Waals surface area contributed by atoms with Crippen LogP contribution in [0.1, 0.15) is 18.4 Å². The molecule has 0 aliphatic heterocycles. The summed E-state index contributed by atoms with van der Waals surface area (Å²) in [5.41, 5.74) is 5.83. The number of aliphatic hydroxyl groups is 1. The predicted molar refractivity (Wildman–Crippen MR) is 107 cm³/mol. The van der Waals surface area contributed by atoms with Crippen molar-refractivity contribution in [3.63, 3.8) is 0 Å². The van der Waals surface area contributed by atoms with Gasteiger partial charge >= 0.3 is 11.9 Å². The third-order valence-electron chi connectivity index (χ3n) is 4.20. The summed E-state index contributed by atoms with van der Waals surface area (Å²) in [5, 5.41) is 34.3. The summed E-state index contributed by atoms with van der Waals surface area (Å²) in [7, 11) is 0. The number of carbonyl (C=O) groups is 5. The highest BCUT2D eigenvalue weighted by molar-refractivity contribution is 5.93. The van der Waals surface area contributed by atoms with E-state index in [1.54, 1.807) is 30.3 Å². The number of nitrogens with two attached hydrogens (primary N) is 1. The normalized spacial score (nSPS) is 13.4. The van der Waals surface area contributed by atoms with Gasteiger partial charge in [0.1, 0.15) is 18.1 Å². The number of carboxylic acid groups (broad SMARTS) is 2. The van der Waals surface area contributed by atoms with E-state index < -0.39 is 67.4 Å². The van der Waals surface area contributed by atoms with Gasteiger partial charge in [-0.15, -0.1) is 0 Å². The van der Waals surface area contributed by atoms with Crippen LogP contribution in [0.25, 0.3) is 0 Å². The maximum Gasteiger partial charge on any atom is 0.326 e. The highest BCUT2D eigenvalue weighted by Gasteiger charge is 2.29. The Kier molecular flexibility index (Phi) is 10.6. The van der Waals surface area contributed by atoms with E-state index in [-0.39, 0.29) is 12.8 Å². The fourth-order valence-electron chi connectivity index (χ4n) is 2.58. The number of carbonyl (C=O) groups excluding carboxylic acids is 3. The van der Waals surface area contributed by atoms with Crippen LogP contribution in [0.15, 0.2) is 30.3 Å². The largest absolute Gasteiger partial charge is 0.481 e. The lowest BCUT2D eigenvalue weighted by Gasteiger charge is -2.23. The molecular formula is C19H26N4O8. The molecule has 1 aromatic rings. The minimum atomic E-state index is -1.52. The van der Waals surface area contributed by atoms with Crippen LogP contribution in [0.5, 0.6) is 0 Å². The molecule has 0 spiro atoms. The minimum absolute atomic E-state index is 0.0260. The summed E-state index contributed by atoms with van der Waals surface area (Å²) in [6.07, 6.45) is -0.753. The maximum absolute atomic E-state index is 12.4. The molecule has 0 heterocycles. The molecular weight excluding hydrogens is 412 g/mol. The van der Waals surface area contributed by atoms with Crippen molar-refractivity contribution in [1.82, 2.24) is 16.0 Å². The Hall–Kier alpha value is -3.51. The van der Waals surface area contributed by atoms with Crippen molar-refractivity contribution < 1.29 is 39.3 Å². The molecule has 1 aromatic carbocycles. The van der Waals surface area contributed by atoms with Gasteiger partial charge in [0.15, 0.2) is 0 Å². The van der Waals surface area contributed by atoms with Gasteiger partial charge in [0.25, 0.3) is 0 Å². The van der Waals surface area contributed by atoms with Crippen LogP contribution >= 0.6 is 0 Å². The number of aliphatic carboxylic acids is 2. The summed E-state index contributed by atoms with van der Waals surface area (Å²) < 4.78 is 0. The Morgan fingerprint density at radius 3 is 1.97 bits per heavy atom. The first-order valence-electron chi connectivity index (χ1n) is 9.37. The lowest BCUT2D eigenvalue weighted by molar-refractivity contribution is -0.142. The molecule has 0 saturated heterocycles. The van der Waals surface area contributed by atoms with Crippen molar-refractivity contribution in [2.24, 2.45) is 5.73 Å². The Labute approximate surface area is 177 Å². The zero-order valence-electron chi connectivity index (χ0n) is 16.6. The van der Waals surface area contributed by atoms with Crippen molar-refractivity contribution in [2.75, 3.05) is 13.2 Å². The molecule has 12 heteroatoms. The number of hydrogen-bond acceptors (Lipinski definition) is 7. The molecule has 12 nitrogen and oxygen atoms in total. The molecule has 0 bridgehead atoms. The lowest BCUT2D eigenvalue weighted by Crippen LogP contribution is -2.57. The van der Waals surface area contributed by atoms with E-state index in [4.69, 9.17) is 10.8 Å². The molecule has 3 unspecified atom stereocenters. The molecule has 170 valence electrons. The molecule has 3 amide bonds. The first-order valence-corrected chi connectivity index (χ1v) is 9.37. The second kappa shape index (κ2) is 12.9. The van der Waals surface area contributed by atoms with Crippen molar-refractivity contribution in [3.8, 4) is 0 Å². The third-order valence-corrected chi connectivity index (χ3v) is 4.20. The zero-order valence-corrected chi connectivity index (χ0v) is 16.6. The summed E-state index contributed by atoms with van der Waals surface area (Å²) in [5.74, 6) is -5.12. The zero-order chi connectivity index (χ0) is 23.4. The summed E-state index contributed by atoms with van der Waals surface area (Å²) in [6.45, 7) is -1.30. The van der Waals surface area contributed by atoms with E-state index >= 15 is 0 Å². The maximum atomic E-state index is 12.4. The second-order valence-corrected chi connectivity index (χ2v) is 6.59. The third kappa shape index (κ3) is 9.23. The van der Waals surface area contributed by atoms with Gasteiger partial charge in [0, 0.05) is 12.8 Å². The first kappa shape index (κ1) is 25.5. The second-order valence-electron chi connectivity index (χ2n) is 6.59. The van der Waals surface area contributed by atoms with Gasteiger partial charge in [-0.25, -0.2) is 4.79 Å². The van der Waals surface area contributed by atoms with Crippen LogP contribution in [0.3, 0.4) is 0 Å². The van der Waals surface area contributed by atoms with Gasteiger partial charge in [-0.2, -0.15) is 0 Å². The number of rotatable bonds is 13. The summed E-state index contributed by atoms with van der Waals surface area (Å²) >= 11 is 0. The fourth-order valence-corrected chi connectivity index (χ4v) is 2.58. The monoisotopic (exact) mass is 438 g/mol. The van der Waals surface area contributed by atoms with Crippen LogP contribution in [-0.4, -0.2) is 76.3 Å². The van der Waals surface area contributed by atoms with Crippen LogP contribution in [-0.2, 0) is 30.4 Å². The van der Waals surface area contributed by atoms with E-state index in [1.165, 1.54) is 0 Å². The van der Waals surface area contributed by atoms with Gasteiger partial charge < -0.3 is 37.0 Å². The Morgan fingerprint density at radius 2 is 1.45 bits per heavy atom. The molecule has 0 saturated carbocycles. The molecule has 8 N–H and O–H groups in total. The molecule has 3 atom stereocenters. The quantitative estimate of drug-likeness (QED) is 0.175. The average Bonchev–Trinajstić information content (AvgIpc) is 2.74. The lowest BCUT2D eigenvalue weighted by atomic mass is 10.1. The van der Waals surface area contributed by atoms with Gasteiger partial charge in [0.2, 0.25) is 17.7 Å². The topological polar surface area (TPSA) is 208 Å². The Balaban J connectivity index is 2.82. The van der Waals surface area contributed by atoms with Crippen molar-refractivity contribution in [3.05, 3.63) is 35.9 Å². The molecule has 0 aliphatic rings. The summed E-state index contributed by atoms with van der Waals surface area (Å²) in [6, 6.07) is 4.38. The number of nitrogens with one attached hydrogen (secondary N) is 3. The molecule has 0 fully saturated rings. The smallest absolute Gasteiger partial charge is 0.326 e.